The Kier molecular flexibility index (Phi) is 5.39. The van der Waals surface area contributed by atoms with E-state index in [0.29, 0.717) is 6.42 Å². The van der Waals surface area contributed by atoms with E-state index in [-0.39, 0.29) is 0 Å². The fourth-order valence-electron chi connectivity index (χ4n) is 3.46. The molecule has 1 aliphatic heterocycles. The summed E-state index contributed by atoms with van der Waals surface area (Å²) >= 11 is 0. The maximum Gasteiger partial charge on any atom is 0.321 e. The molecule has 1 atom stereocenters. The number of hydrogen-bond donors (Lipinski definition) is 1. The zero-order valence-electron chi connectivity index (χ0n) is 15.0. The van der Waals surface area contributed by atoms with Crippen LogP contribution in [0.3, 0.4) is 0 Å². The minimum absolute atomic E-state index is 0.458. The molecule has 1 N–H and O–H groups in total. The molecule has 25 heavy (non-hydrogen) atoms. The number of para-hydroxylation sites is 1. The second-order valence-electron chi connectivity index (χ2n) is 6.84. The molecule has 0 bridgehead atoms. The van der Waals surface area contributed by atoms with Crippen molar-refractivity contribution in [3.05, 3.63) is 65.2 Å². The van der Waals surface area contributed by atoms with Gasteiger partial charge in [0.05, 0.1) is 0 Å². The maximum atomic E-state index is 11.9. The van der Waals surface area contributed by atoms with E-state index >= 15 is 0 Å². The zero-order chi connectivity index (χ0) is 17.8. The first-order chi connectivity index (χ1) is 12.0. The highest BCUT2D eigenvalue weighted by atomic mass is 16.4. The van der Waals surface area contributed by atoms with Gasteiger partial charge in [0.2, 0.25) is 0 Å². The minimum atomic E-state index is -0.730. The molecular weight excluding hydrogens is 312 g/mol. The van der Waals surface area contributed by atoms with Gasteiger partial charge in [-0.25, -0.2) is 0 Å². The zero-order valence-corrected chi connectivity index (χ0v) is 15.0. The van der Waals surface area contributed by atoms with Gasteiger partial charge < -0.3 is 10.0 Å². The summed E-state index contributed by atoms with van der Waals surface area (Å²) in [5.41, 5.74) is 4.77. The van der Waals surface area contributed by atoms with Crippen LogP contribution in [0.15, 0.2) is 48.5 Å². The Morgan fingerprint density at radius 1 is 1.00 bits per heavy atom. The molecule has 0 saturated carbocycles. The van der Waals surface area contributed by atoms with Crippen LogP contribution in [0.5, 0.6) is 0 Å². The summed E-state index contributed by atoms with van der Waals surface area (Å²) in [7, 11) is 0. The van der Waals surface area contributed by atoms with Crippen molar-refractivity contribution in [1.82, 2.24) is 4.90 Å². The maximum absolute atomic E-state index is 11.9. The fourth-order valence-corrected chi connectivity index (χ4v) is 3.46. The van der Waals surface area contributed by atoms with Gasteiger partial charge in [0.1, 0.15) is 6.04 Å². The van der Waals surface area contributed by atoms with E-state index in [9.17, 15) is 9.90 Å². The molecule has 4 heteroatoms. The van der Waals surface area contributed by atoms with Crippen LogP contribution >= 0.6 is 0 Å². The van der Waals surface area contributed by atoms with E-state index in [0.717, 1.165) is 31.7 Å². The molecule has 0 aliphatic carbocycles. The molecule has 0 radical (unpaired) electrons. The van der Waals surface area contributed by atoms with Gasteiger partial charge in [0, 0.05) is 31.9 Å². The molecule has 0 aromatic heterocycles. The molecule has 0 unspecified atom stereocenters. The lowest BCUT2D eigenvalue weighted by molar-refractivity contribution is -0.143. The van der Waals surface area contributed by atoms with Crippen LogP contribution in [0.25, 0.3) is 0 Å². The smallest absolute Gasteiger partial charge is 0.321 e. The molecule has 1 heterocycles. The molecule has 1 fully saturated rings. The molecule has 0 spiro atoms. The average molecular weight is 338 g/mol. The number of carboxylic acids is 1. The van der Waals surface area contributed by atoms with Crippen LogP contribution in [-0.2, 0) is 11.2 Å². The predicted molar refractivity (Wildman–Crippen MR) is 101 cm³/mol. The first-order valence-electron chi connectivity index (χ1n) is 8.87. The van der Waals surface area contributed by atoms with Crippen LogP contribution in [0.1, 0.15) is 16.7 Å². The lowest BCUT2D eigenvalue weighted by Gasteiger charge is -2.38. The number of benzene rings is 2. The topological polar surface area (TPSA) is 43.8 Å². The third-order valence-electron chi connectivity index (χ3n) is 5.16. The summed E-state index contributed by atoms with van der Waals surface area (Å²) in [6.07, 6.45) is 0.557. The number of aliphatic carboxylic acids is 1. The van der Waals surface area contributed by atoms with Gasteiger partial charge in [-0.15, -0.1) is 0 Å². The second kappa shape index (κ2) is 7.70. The Bertz CT molecular complexity index is 722. The molecule has 2 aromatic carbocycles. The molecule has 4 nitrogen and oxygen atoms in total. The summed E-state index contributed by atoms with van der Waals surface area (Å²) in [5.74, 6) is -0.730. The van der Waals surface area contributed by atoms with E-state index in [2.05, 4.69) is 54.0 Å². The second-order valence-corrected chi connectivity index (χ2v) is 6.84. The Labute approximate surface area is 149 Å². The van der Waals surface area contributed by atoms with Gasteiger partial charge in [-0.05, 0) is 49.1 Å². The Morgan fingerprint density at radius 3 is 2.28 bits per heavy atom. The van der Waals surface area contributed by atoms with E-state index in [1.54, 1.807) is 0 Å². The van der Waals surface area contributed by atoms with Crippen LogP contribution in [-0.4, -0.2) is 48.2 Å². The highest BCUT2D eigenvalue weighted by Gasteiger charge is 2.29. The van der Waals surface area contributed by atoms with Gasteiger partial charge in [-0.3, -0.25) is 9.69 Å². The molecular formula is C21H26N2O2. The number of nitrogens with zero attached hydrogens (tertiary/aromatic N) is 2. The highest BCUT2D eigenvalue weighted by Crippen LogP contribution is 2.19. The van der Waals surface area contributed by atoms with Crippen molar-refractivity contribution in [3.63, 3.8) is 0 Å². The summed E-state index contributed by atoms with van der Waals surface area (Å²) in [6.45, 7) is 7.43. The van der Waals surface area contributed by atoms with E-state index in [4.69, 9.17) is 0 Å². The highest BCUT2D eigenvalue weighted by molar-refractivity contribution is 5.74. The minimum Gasteiger partial charge on any atom is -0.480 e. The SMILES string of the molecule is Cc1ccc(C[C@H](C(=O)O)N2CCN(c3ccccc3)CC2)cc1C. The third kappa shape index (κ3) is 4.20. The number of anilines is 1. The molecule has 3 rings (SSSR count). The van der Waals surface area contributed by atoms with Crippen molar-refractivity contribution in [2.75, 3.05) is 31.1 Å². The lowest BCUT2D eigenvalue weighted by atomic mass is 9.99. The van der Waals surface area contributed by atoms with Crippen molar-refractivity contribution in [1.29, 1.82) is 0 Å². The van der Waals surface area contributed by atoms with Gasteiger partial charge >= 0.3 is 5.97 Å². The van der Waals surface area contributed by atoms with Crippen molar-refractivity contribution in [2.24, 2.45) is 0 Å². The van der Waals surface area contributed by atoms with Gasteiger partial charge in [-0.1, -0.05) is 36.4 Å². The number of carboxylic acid groups (broad SMARTS) is 1. The van der Waals surface area contributed by atoms with Gasteiger partial charge in [0.25, 0.3) is 0 Å². The quantitative estimate of drug-likeness (QED) is 0.910. The third-order valence-corrected chi connectivity index (χ3v) is 5.16. The van der Waals surface area contributed by atoms with E-state index < -0.39 is 12.0 Å². The Balaban J connectivity index is 1.66. The van der Waals surface area contributed by atoms with Gasteiger partial charge in [0.15, 0.2) is 0 Å². The van der Waals surface area contributed by atoms with Crippen LogP contribution in [0, 0.1) is 13.8 Å². The Hall–Kier alpha value is -2.33. The molecule has 132 valence electrons. The lowest BCUT2D eigenvalue weighted by Crippen LogP contribution is -2.53. The number of rotatable bonds is 5. The van der Waals surface area contributed by atoms with E-state index in [1.165, 1.54) is 16.8 Å². The normalized spacial score (nSPS) is 16.6. The predicted octanol–water partition coefficient (Wildman–Crippen LogP) is 3.12. The van der Waals surface area contributed by atoms with Crippen LogP contribution in [0.4, 0.5) is 5.69 Å². The average Bonchev–Trinajstić information content (AvgIpc) is 2.63. The molecule has 1 aliphatic rings. The summed E-state index contributed by atoms with van der Waals surface area (Å²) < 4.78 is 0. The number of carbonyl (C=O) groups is 1. The van der Waals surface area contributed by atoms with Crippen LogP contribution in [0.2, 0.25) is 0 Å². The van der Waals surface area contributed by atoms with E-state index in [1.807, 2.05) is 18.2 Å². The number of aryl methyl sites for hydroxylation is 2. The first-order valence-corrected chi connectivity index (χ1v) is 8.87. The summed E-state index contributed by atoms with van der Waals surface area (Å²) in [4.78, 5) is 16.3. The molecule has 2 aromatic rings. The number of piperazine rings is 1. The largest absolute Gasteiger partial charge is 0.480 e. The van der Waals surface area contributed by atoms with Crippen LogP contribution < -0.4 is 4.90 Å². The molecule has 0 amide bonds. The summed E-state index contributed by atoms with van der Waals surface area (Å²) in [5, 5.41) is 9.74. The van der Waals surface area contributed by atoms with Crippen molar-refractivity contribution >= 4 is 11.7 Å². The van der Waals surface area contributed by atoms with Gasteiger partial charge in [-0.2, -0.15) is 0 Å². The van der Waals surface area contributed by atoms with Crippen molar-refractivity contribution < 1.29 is 9.90 Å². The fraction of sp³-hybridized carbons (Fsp3) is 0.381. The van der Waals surface area contributed by atoms with Crippen molar-refractivity contribution in [3.8, 4) is 0 Å². The van der Waals surface area contributed by atoms with Crippen molar-refractivity contribution in [2.45, 2.75) is 26.3 Å². The monoisotopic (exact) mass is 338 g/mol. The first kappa shape index (κ1) is 17.5. The Morgan fingerprint density at radius 2 is 1.68 bits per heavy atom. The number of hydrogen-bond acceptors (Lipinski definition) is 3. The standard InChI is InChI=1S/C21H26N2O2/c1-16-8-9-18(14-17(16)2)15-20(21(24)25)23-12-10-22(11-13-23)19-6-4-3-5-7-19/h3-9,14,20H,10-13,15H2,1-2H3,(H,24,25)/t20-/m1/s1. The summed E-state index contributed by atoms with van der Waals surface area (Å²) in [6, 6.07) is 16.1. The molecule has 1 saturated heterocycles.